The summed E-state index contributed by atoms with van der Waals surface area (Å²) < 4.78 is 11.2. The van der Waals surface area contributed by atoms with E-state index in [1.54, 1.807) is 0 Å². The van der Waals surface area contributed by atoms with Crippen molar-refractivity contribution in [1.29, 1.82) is 0 Å². The van der Waals surface area contributed by atoms with Gasteiger partial charge in [-0.2, -0.15) is 0 Å². The third-order valence-electron chi connectivity index (χ3n) is 1.49. The molecule has 1 saturated heterocycles. The fraction of sp³-hybridized carbons (Fsp3) is 1.00. The van der Waals surface area contributed by atoms with Gasteiger partial charge >= 0.3 is 0 Å². The molecule has 0 amide bonds. The Bertz CT molecular complexity index is 161. The highest BCUT2D eigenvalue weighted by atomic mass is 16.6. The van der Waals surface area contributed by atoms with Crippen molar-refractivity contribution in [2.75, 3.05) is 13.2 Å². The minimum atomic E-state index is -2.52. The summed E-state index contributed by atoms with van der Waals surface area (Å²) in [5.74, 6) is 0. The molecule has 3 atom stereocenters. The number of hydrogen-bond donors (Lipinski definition) is 4. The largest absolute Gasteiger partial charge is 0.393 e. The van der Waals surface area contributed by atoms with Crippen LogP contribution in [0.5, 0.6) is 0 Å². The van der Waals surface area contributed by atoms with Crippen LogP contribution in [0.25, 0.3) is 0 Å². The molecule has 0 aromatic carbocycles. The lowest BCUT2D eigenvalue weighted by atomic mass is 10.0. The molecule has 0 radical (unpaired) electrons. The van der Waals surface area contributed by atoms with Crippen LogP contribution >= 0.6 is 0 Å². The van der Waals surface area contributed by atoms with Crippen LogP contribution in [0.3, 0.4) is 0 Å². The lowest BCUT2D eigenvalue weighted by molar-refractivity contribution is -0.128. The first-order valence-corrected chi connectivity index (χ1v) is 2.80. The second-order valence-electron chi connectivity index (χ2n) is 2.29. The summed E-state index contributed by atoms with van der Waals surface area (Å²) in [7, 11) is 0. The first kappa shape index (κ1) is 6.51. The third kappa shape index (κ3) is 1.02. The fourth-order valence-electron chi connectivity index (χ4n) is 0.719. The zero-order chi connectivity index (χ0) is 8.70. The zero-order valence-electron chi connectivity index (χ0n) is 6.19. The monoisotopic (exact) mass is 151 g/mol. The van der Waals surface area contributed by atoms with Crippen LogP contribution in [0, 0.1) is 0 Å². The second kappa shape index (κ2) is 2.44. The number of aliphatic hydroxyl groups is 4. The molecule has 0 spiro atoms. The first-order valence-electron chi connectivity index (χ1n) is 3.30. The number of aliphatic hydroxyl groups excluding tert-OH is 2. The van der Waals surface area contributed by atoms with Gasteiger partial charge in [0.15, 0.2) is 6.27 Å². The molecule has 1 aliphatic rings. The number of rotatable bonds is 1. The van der Waals surface area contributed by atoms with Gasteiger partial charge in [0.25, 0.3) is 0 Å². The van der Waals surface area contributed by atoms with E-state index >= 15 is 0 Å². The molecular formula is C5H10O5. The Morgan fingerprint density at radius 1 is 1.70 bits per heavy atom. The Kier molecular flexibility index (Phi) is 1.59. The van der Waals surface area contributed by atoms with Crippen molar-refractivity contribution in [3.05, 3.63) is 0 Å². The van der Waals surface area contributed by atoms with Crippen molar-refractivity contribution < 1.29 is 26.5 Å². The van der Waals surface area contributed by atoms with Gasteiger partial charge < -0.3 is 25.2 Å². The summed E-state index contributed by atoms with van der Waals surface area (Å²) in [6.45, 7) is -1.21. The van der Waals surface area contributed by atoms with E-state index in [1.165, 1.54) is 0 Å². The molecule has 5 nitrogen and oxygen atoms in total. The predicted molar refractivity (Wildman–Crippen MR) is 30.0 cm³/mol. The van der Waals surface area contributed by atoms with Crippen molar-refractivity contribution in [2.24, 2.45) is 0 Å². The molecule has 0 aromatic rings. The molecule has 4 N–H and O–H groups in total. The van der Waals surface area contributed by atoms with Crippen molar-refractivity contribution in [1.82, 2.24) is 0 Å². The molecule has 1 heterocycles. The highest BCUT2D eigenvalue weighted by Crippen LogP contribution is 2.22. The van der Waals surface area contributed by atoms with Gasteiger partial charge in [-0.05, 0) is 0 Å². The van der Waals surface area contributed by atoms with Gasteiger partial charge in [-0.25, -0.2) is 0 Å². The van der Waals surface area contributed by atoms with Crippen LogP contribution in [0.4, 0.5) is 0 Å². The minimum Gasteiger partial charge on any atom is -0.393 e. The van der Waals surface area contributed by atoms with Gasteiger partial charge in [0.2, 0.25) is 0 Å². The van der Waals surface area contributed by atoms with Crippen LogP contribution in [0.2, 0.25) is 0 Å². The maximum atomic E-state index is 9.20. The number of ether oxygens (including phenoxy) is 1. The Hall–Kier alpha value is -0.200. The Morgan fingerprint density at radius 2 is 2.30 bits per heavy atom. The Labute approximate surface area is 58.9 Å². The molecule has 0 aliphatic carbocycles. The SMILES string of the molecule is [2H][C@@]1(O)OCC(O)(CO)[C@H]1O. The highest BCUT2D eigenvalue weighted by molar-refractivity contribution is 4.92. The minimum absolute atomic E-state index is 0.454. The summed E-state index contributed by atoms with van der Waals surface area (Å²) >= 11 is 0. The molecule has 1 rings (SSSR count). The van der Waals surface area contributed by atoms with Crippen LogP contribution < -0.4 is 0 Å². The first-order chi connectivity index (χ1) is 4.92. The smallest absolute Gasteiger partial charge is 0.184 e. The lowest BCUT2D eigenvalue weighted by Crippen LogP contribution is -2.46. The van der Waals surface area contributed by atoms with Gasteiger partial charge in [-0.1, -0.05) is 0 Å². The van der Waals surface area contributed by atoms with E-state index in [-0.39, 0.29) is 0 Å². The van der Waals surface area contributed by atoms with E-state index in [1.807, 2.05) is 0 Å². The molecule has 60 valence electrons. The molecule has 5 heteroatoms. The molecule has 0 bridgehead atoms. The summed E-state index contributed by atoms with van der Waals surface area (Å²) in [6.07, 6.45) is -4.32. The van der Waals surface area contributed by atoms with Crippen LogP contribution in [-0.2, 0) is 4.74 Å². The summed E-state index contributed by atoms with van der Waals surface area (Å²) in [5, 5.41) is 35.6. The maximum absolute atomic E-state index is 9.20. The van der Waals surface area contributed by atoms with E-state index in [4.69, 9.17) is 16.7 Å². The van der Waals surface area contributed by atoms with E-state index in [9.17, 15) is 5.11 Å². The molecule has 0 saturated carbocycles. The quantitative estimate of drug-likeness (QED) is 0.330. The summed E-state index contributed by atoms with van der Waals surface area (Å²) in [5.41, 5.74) is -1.92. The average Bonchev–Trinajstić information content (AvgIpc) is 2.16. The van der Waals surface area contributed by atoms with Crippen LogP contribution in [0.1, 0.15) is 1.37 Å². The standard InChI is InChI=1S/C5H10O5/c6-1-5(9)2-10-4(8)3(5)7/h3-4,6-9H,1-2H2/t3-,4+,5?/m0/s1/i4D. The Balaban J connectivity index is 2.78. The Morgan fingerprint density at radius 3 is 2.50 bits per heavy atom. The van der Waals surface area contributed by atoms with Gasteiger partial charge in [-0.15, -0.1) is 0 Å². The molecule has 0 aromatic heterocycles. The fourth-order valence-corrected chi connectivity index (χ4v) is 0.719. The molecule has 1 aliphatic heterocycles. The predicted octanol–water partition coefficient (Wildman–Crippen LogP) is -2.58. The summed E-state index contributed by atoms with van der Waals surface area (Å²) in [6, 6.07) is 0. The van der Waals surface area contributed by atoms with Crippen molar-refractivity contribution in [3.8, 4) is 0 Å². The van der Waals surface area contributed by atoms with Crippen LogP contribution in [-0.4, -0.2) is 51.6 Å². The molecular weight excluding hydrogens is 140 g/mol. The third-order valence-corrected chi connectivity index (χ3v) is 1.49. The van der Waals surface area contributed by atoms with Gasteiger partial charge in [0.05, 0.1) is 14.6 Å². The van der Waals surface area contributed by atoms with E-state index in [0.29, 0.717) is 0 Å². The topological polar surface area (TPSA) is 90.2 Å². The second-order valence-corrected chi connectivity index (χ2v) is 2.29. The van der Waals surface area contributed by atoms with E-state index in [2.05, 4.69) is 4.74 Å². The van der Waals surface area contributed by atoms with Crippen molar-refractivity contribution in [3.63, 3.8) is 0 Å². The van der Waals surface area contributed by atoms with Gasteiger partial charge in [0.1, 0.15) is 11.7 Å². The molecule has 1 unspecified atom stereocenters. The van der Waals surface area contributed by atoms with Crippen molar-refractivity contribution >= 4 is 0 Å². The number of hydrogen-bond acceptors (Lipinski definition) is 5. The molecule has 10 heavy (non-hydrogen) atoms. The van der Waals surface area contributed by atoms with E-state index < -0.39 is 31.2 Å². The lowest BCUT2D eigenvalue weighted by Gasteiger charge is -2.21. The highest BCUT2D eigenvalue weighted by Gasteiger charge is 2.46. The average molecular weight is 151 g/mol. The maximum Gasteiger partial charge on any atom is 0.184 e. The normalized spacial score (nSPS) is 56.8. The summed E-state index contributed by atoms with van der Waals surface area (Å²) in [4.78, 5) is 0. The van der Waals surface area contributed by atoms with Gasteiger partial charge in [-0.3, -0.25) is 0 Å². The van der Waals surface area contributed by atoms with Crippen molar-refractivity contribution in [2.45, 2.75) is 18.0 Å². The van der Waals surface area contributed by atoms with Gasteiger partial charge in [0, 0.05) is 0 Å². The molecule has 1 fully saturated rings. The van der Waals surface area contributed by atoms with Crippen LogP contribution in [0.15, 0.2) is 0 Å². The van der Waals surface area contributed by atoms with E-state index in [0.717, 1.165) is 0 Å². The zero-order valence-corrected chi connectivity index (χ0v) is 5.19.